The number of carbonyl (C=O) groups excluding carboxylic acids is 1. The van der Waals surface area contributed by atoms with Crippen molar-refractivity contribution in [1.29, 1.82) is 0 Å². The number of hydrogen-bond donors (Lipinski definition) is 1. The van der Waals surface area contributed by atoms with Crippen LogP contribution in [0.15, 0.2) is 30.3 Å². The summed E-state index contributed by atoms with van der Waals surface area (Å²) in [7, 11) is 0. The lowest BCUT2D eigenvalue weighted by molar-refractivity contribution is -0.125. The molecule has 0 aliphatic heterocycles. The molecule has 3 heteroatoms. The summed E-state index contributed by atoms with van der Waals surface area (Å²) in [6.45, 7) is 2.38. The minimum absolute atomic E-state index is 0.147. The third kappa shape index (κ3) is 4.44. The molecule has 0 aromatic heterocycles. The van der Waals surface area contributed by atoms with E-state index in [4.69, 9.17) is 0 Å². The third-order valence-corrected chi connectivity index (χ3v) is 3.82. The highest BCUT2D eigenvalue weighted by Crippen LogP contribution is 2.22. The molecule has 19 heavy (non-hydrogen) atoms. The van der Waals surface area contributed by atoms with Crippen molar-refractivity contribution in [2.24, 2.45) is 5.92 Å². The fourth-order valence-electron chi connectivity index (χ4n) is 2.78. The first-order chi connectivity index (χ1) is 9.29. The molecule has 1 unspecified atom stereocenters. The molecule has 0 saturated heterocycles. The Morgan fingerprint density at radius 3 is 2.68 bits per heavy atom. The maximum absolute atomic E-state index is 11.9. The van der Waals surface area contributed by atoms with Crippen molar-refractivity contribution in [2.75, 3.05) is 19.7 Å². The second-order valence-electron chi connectivity index (χ2n) is 5.35. The van der Waals surface area contributed by atoms with E-state index < -0.39 is 0 Å². The summed E-state index contributed by atoms with van der Waals surface area (Å²) in [5, 5.41) is 9.18. The predicted octanol–water partition coefficient (Wildman–Crippen LogP) is 2.24. The van der Waals surface area contributed by atoms with E-state index >= 15 is 0 Å². The number of Topliss-reactive ketones (excluding diaryl/α,β-unsaturated/α-hetero) is 1. The highest BCUT2D eigenvalue weighted by atomic mass is 16.3. The standard InChI is InChI=1S/C16H23NO2/c18-11-10-17(12-14-6-2-1-3-7-14)13-15-8-4-5-9-16(15)19/h1-3,6-7,15,18H,4-5,8-13H2. The van der Waals surface area contributed by atoms with Gasteiger partial charge in [-0.1, -0.05) is 36.8 Å². The first-order valence-corrected chi connectivity index (χ1v) is 7.19. The van der Waals surface area contributed by atoms with E-state index in [1.54, 1.807) is 0 Å². The first-order valence-electron chi connectivity index (χ1n) is 7.19. The summed E-state index contributed by atoms with van der Waals surface area (Å²) in [6, 6.07) is 10.2. The van der Waals surface area contributed by atoms with Crippen molar-refractivity contribution in [3.8, 4) is 0 Å². The highest BCUT2D eigenvalue weighted by Gasteiger charge is 2.24. The monoisotopic (exact) mass is 261 g/mol. The molecule has 1 fully saturated rings. The lowest BCUT2D eigenvalue weighted by atomic mass is 9.87. The van der Waals surface area contributed by atoms with Gasteiger partial charge in [-0.2, -0.15) is 0 Å². The Morgan fingerprint density at radius 2 is 2.00 bits per heavy atom. The number of rotatable bonds is 6. The SMILES string of the molecule is O=C1CCCCC1CN(CCO)Cc1ccccc1. The largest absolute Gasteiger partial charge is 0.395 e. The fraction of sp³-hybridized carbons (Fsp3) is 0.562. The number of aliphatic hydroxyl groups excluding tert-OH is 1. The second-order valence-corrected chi connectivity index (χ2v) is 5.35. The maximum Gasteiger partial charge on any atom is 0.137 e. The number of aliphatic hydroxyl groups is 1. The molecular formula is C16H23NO2. The zero-order valence-electron chi connectivity index (χ0n) is 11.4. The molecule has 0 heterocycles. The van der Waals surface area contributed by atoms with Gasteiger partial charge in [-0.15, -0.1) is 0 Å². The van der Waals surface area contributed by atoms with Gasteiger partial charge in [-0.05, 0) is 18.4 Å². The number of hydrogen-bond acceptors (Lipinski definition) is 3. The average molecular weight is 261 g/mol. The lowest BCUT2D eigenvalue weighted by Crippen LogP contribution is -2.36. The molecule has 3 nitrogen and oxygen atoms in total. The van der Waals surface area contributed by atoms with Gasteiger partial charge in [-0.3, -0.25) is 9.69 Å². The molecule has 0 bridgehead atoms. The molecule has 1 aromatic carbocycles. The van der Waals surface area contributed by atoms with E-state index in [2.05, 4.69) is 17.0 Å². The molecule has 0 spiro atoms. The quantitative estimate of drug-likeness (QED) is 0.853. The van der Waals surface area contributed by atoms with Gasteiger partial charge < -0.3 is 5.11 Å². The summed E-state index contributed by atoms with van der Waals surface area (Å²) in [5.41, 5.74) is 1.24. The van der Waals surface area contributed by atoms with Gasteiger partial charge >= 0.3 is 0 Å². The molecule has 1 aliphatic rings. The molecule has 2 rings (SSSR count). The van der Waals surface area contributed by atoms with Crippen LogP contribution in [-0.2, 0) is 11.3 Å². The lowest BCUT2D eigenvalue weighted by Gasteiger charge is -2.28. The van der Waals surface area contributed by atoms with Crippen molar-refractivity contribution >= 4 is 5.78 Å². The minimum Gasteiger partial charge on any atom is -0.395 e. The van der Waals surface area contributed by atoms with E-state index in [1.807, 2.05) is 18.2 Å². The molecule has 0 radical (unpaired) electrons. The van der Waals surface area contributed by atoms with Gasteiger partial charge in [0.1, 0.15) is 5.78 Å². The molecule has 1 aromatic rings. The normalized spacial score (nSPS) is 19.9. The smallest absolute Gasteiger partial charge is 0.137 e. The van der Waals surface area contributed by atoms with Crippen molar-refractivity contribution in [3.05, 3.63) is 35.9 Å². The Kier molecular flexibility index (Phi) is 5.55. The first kappa shape index (κ1) is 14.2. The van der Waals surface area contributed by atoms with Crippen LogP contribution in [0.25, 0.3) is 0 Å². The molecule has 104 valence electrons. The van der Waals surface area contributed by atoms with Crippen molar-refractivity contribution in [2.45, 2.75) is 32.2 Å². The van der Waals surface area contributed by atoms with E-state index in [0.29, 0.717) is 12.3 Å². The Bertz CT molecular complexity index is 391. The Balaban J connectivity index is 1.93. The number of nitrogens with zero attached hydrogens (tertiary/aromatic N) is 1. The average Bonchev–Trinajstić information content (AvgIpc) is 2.43. The van der Waals surface area contributed by atoms with Crippen LogP contribution in [0, 0.1) is 5.92 Å². The molecule has 0 amide bonds. The van der Waals surface area contributed by atoms with Gasteiger partial charge in [0, 0.05) is 32.0 Å². The van der Waals surface area contributed by atoms with Crippen molar-refractivity contribution in [3.63, 3.8) is 0 Å². The Labute approximate surface area is 115 Å². The van der Waals surface area contributed by atoms with Crippen LogP contribution < -0.4 is 0 Å². The predicted molar refractivity (Wildman–Crippen MR) is 75.8 cm³/mol. The van der Waals surface area contributed by atoms with Crippen LogP contribution >= 0.6 is 0 Å². The number of carbonyl (C=O) groups is 1. The Morgan fingerprint density at radius 1 is 1.21 bits per heavy atom. The van der Waals surface area contributed by atoms with Crippen molar-refractivity contribution < 1.29 is 9.90 Å². The van der Waals surface area contributed by atoms with Crippen LogP contribution in [0.2, 0.25) is 0 Å². The van der Waals surface area contributed by atoms with Crippen LogP contribution in [0.3, 0.4) is 0 Å². The zero-order valence-corrected chi connectivity index (χ0v) is 11.4. The molecule has 1 saturated carbocycles. The number of benzene rings is 1. The van der Waals surface area contributed by atoms with Gasteiger partial charge in [0.25, 0.3) is 0 Å². The van der Waals surface area contributed by atoms with Gasteiger partial charge in [-0.25, -0.2) is 0 Å². The second kappa shape index (κ2) is 7.41. The number of ketones is 1. The topological polar surface area (TPSA) is 40.5 Å². The van der Waals surface area contributed by atoms with E-state index in [-0.39, 0.29) is 12.5 Å². The zero-order chi connectivity index (χ0) is 13.5. The fourth-order valence-corrected chi connectivity index (χ4v) is 2.78. The summed E-state index contributed by atoms with van der Waals surface area (Å²) >= 11 is 0. The molecule has 1 N–H and O–H groups in total. The van der Waals surface area contributed by atoms with Crippen LogP contribution in [0.1, 0.15) is 31.2 Å². The molecule has 1 atom stereocenters. The molecule has 1 aliphatic carbocycles. The summed E-state index contributed by atoms with van der Waals surface area (Å²) in [4.78, 5) is 14.1. The molecular weight excluding hydrogens is 238 g/mol. The maximum atomic E-state index is 11.9. The Hall–Kier alpha value is -1.19. The van der Waals surface area contributed by atoms with E-state index in [9.17, 15) is 9.90 Å². The highest BCUT2D eigenvalue weighted by molar-refractivity contribution is 5.81. The van der Waals surface area contributed by atoms with Crippen LogP contribution in [0.4, 0.5) is 0 Å². The summed E-state index contributed by atoms with van der Waals surface area (Å²) in [6.07, 6.45) is 3.96. The van der Waals surface area contributed by atoms with Crippen LogP contribution in [0.5, 0.6) is 0 Å². The van der Waals surface area contributed by atoms with E-state index in [1.165, 1.54) is 5.56 Å². The van der Waals surface area contributed by atoms with E-state index in [0.717, 1.165) is 38.8 Å². The summed E-state index contributed by atoms with van der Waals surface area (Å²) in [5.74, 6) is 0.575. The van der Waals surface area contributed by atoms with Gasteiger partial charge in [0.2, 0.25) is 0 Å². The third-order valence-electron chi connectivity index (χ3n) is 3.82. The van der Waals surface area contributed by atoms with Crippen LogP contribution in [-0.4, -0.2) is 35.5 Å². The summed E-state index contributed by atoms with van der Waals surface area (Å²) < 4.78 is 0. The minimum atomic E-state index is 0.147. The van der Waals surface area contributed by atoms with Crippen molar-refractivity contribution in [1.82, 2.24) is 4.90 Å². The van der Waals surface area contributed by atoms with Gasteiger partial charge in [0.15, 0.2) is 0 Å². The van der Waals surface area contributed by atoms with Gasteiger partial charge in [0.05, 0.1) is 6.61 Å².